The van der Waals surface area contributed by atoms with Gasteiger partial charge in [0.1, 0.15) is 12.3 Å². The van der Waals surface area contributed by atoms with E-state index < -0.39 is 0 Å². The molecule has 0 radical (unpaired) electrons. The van der Waals surface area contributed by atoms with E-state index in [9.17, 15) is 9.59 Å². The molecule has 4 rings (SSSR count). The van der Waals surface area contributed by atoms with Crippen molar-refractivity contribution in [2.24, 2.45) is 0 Å². The van der Waals surface area contributed by atoms with Gasteiger partial charge in [-0.15, -0.1) is 10.2 Å². The summed E-state index contributed by atoms with van der Waals surface area (Å²) in [6.07, 6.45) is 0. The Morgan fingerprint density at radius 2 is 1.69 bits per heavy atom. The van der Waals surface area contributed by atoms with Gasteiger partial charge >= 0.3 is 0 Å². The number of rotatable bonds is 7. The van der Waals surface area contributed by atoms with Crippen molar-refractivity contribution in [2.75, 3.05) is 44.7 Å². The first-order valence-corrected chi connectivity index (χ1v) is 11.8. The number of amides is 2. The van der Waals surface area contributed by atoms with Crippen LogP contribution in [0.2, 0.25) is 0 Å². The minimum absolute atomic E-state index is 0.0410. The number of methoxy groups -OCH3 is 1. The normalized spacial score (nSPS) is 13.6. The van der Waals surface area contributed by atoms with Crippen LogP contribution in [0.15, 0.2) is 66.7 Å². The average Bonchev–Trinajstić information content (AvgIpc) is 2.91. The maximum absolute atomic E-state index is 13.1. The van der Waals surface area contributed by atoms with Crippen LogP contribution in [0, 0.1) is 0 Å². The Kier molecular flexibility index (Phi) is 7.60. The smallest absolute Gasteiger partial charge is 0.254 e. The molecule has 1 aliphatic rings. The first-order valence-electron chi connectivity index (χ1n) is 11.8. The van der Waals surface area contributed by atoms with Gasteiger partial charge in [-0.05, 0) is 44.2 Å². The van der Waals surface area contributed by atoms with Gasteiger partial charge in [-0.1, -0.05) is 36.4 Å². The molecule has 0 bridgehead atoms. The summed E-state index contributed by atoms with van der Waals surface area (Å²) in [5, 5.41) is 8.77. The Hall–Kier alpha value is -3.94. The van der Waals surface area contributed by atoms with Crippen LogP contribution in [0.4, 0.5) is 5.82 Å². The van der Waals surface area contributed by atoms with Gasteiger partial charge in [0.15, 0.2) is 5.82 Å². The predicted molar refractivity (Wildman–Crippen MR) is 135 cm³/mol. The molecule has 1 saturated heterocycles. The lowest BCUT2D eigenvalue weighted by molar-refractivity contribution is -0.132. The summed E-state index contributed by atoms with van der Waals surface area (Å²) in [5.74, 6) is 1.18. The topological polar surface area (TPSA) is 78.9 Å². The highest BCUT2D eigenvalue weighted by Gasteiger charge is 2.27. The van der Waals surface area contributed by atoms with E-state index in [0.29, 0.717) is 37.5 Å². The van der Waals surface area contributed by atoms with Crippen LogP contribution in [0.3, 0.4) is 0 Å². The van der Waals surface area contributed by atoms with Gasteiger partial charge in [-0.2, -0.15) is 0 Å². The lowest BCUT2D eigenvalue weighted by atomic mass is 10.1. The third kappa shape index (κ3) is 5.77. The molecule has 3 aromatic rings. The van der Waals surface area contributed by atoms with Crippen molar-refractivity contribution in [1.82, 2.24) is 20.0 Å². The average molecular weight is 474 g/mol. The SMILES string of the molecule is COc1cccc(C(=O)N(CC(=O)N2CCN(c3ccc(-c4ccccc4)nn3)CC2)C(C)C)c1. The van der Waals surface area contributed by atoms with Crippen LogP contribution in [-0.4, -0.2) is 77.7 Å². The number of ether oxygens (including phenoxy) is 1. The van der Waals surface area contributed by atoms with Crippen molar-refractivity contribution < 1.29 is 14.3 Å². The number of aromatic nitrogens is 2. The second-order valence-corrected chi connectivity index (χ2v) is 8.77. The quantitative estimate of drug-likeness (QED) is 0.524. The summed E-state index contributed by atoms with van der Waals surface area (Å²) in [4.78, 5) is 31.7. The van der Waals surface area contributed by atoms with Gasteiger partial charge in [-0.25, -0.2) is 0 Å². The summed E-state index contributed by atoms with van der Waals surface area (Å²) < 4.78 is 5.24. The lowest BCUT2D eigenvalue weighted by Crippen LogP contribution is -2.53. The van der Waals surface area contributed by atoms with Crippen LogP contribution in [-0.2, 0) is 4.79 Å². The Balaban J connectivity index is 1.35. The van der Waals surface area contributed by atoms with E-state index in [-0.39, 0.29) is 24.4 Å². The van der Waals surface area contributed by atoms with E-state index >= 15 is 0 Å². The molecule has 0 saturated carbocycles. The van der Waals surface area contributed by atoms with E-state index in [1.165, 1.54) is 0 Å². The molecule has 2 aromatic carbocycles. The number of anilines is 1. The maximum atomic E-state index is 13.1. The Morgan fingerprint density at radius 1 is 0.943 bits per heavy atom. The van der Waals surface area contributed by atoms with E-state index in [0.717, 1.165) is 17.1 Å². The first-order chi connectivity index (χ1) is 17.0. The van der Waals surface area contributed by atoms with Crippen LogP contribution in [0.5, 0.6) is 5.75 Å². The van der Waals surface area contributed by atoms with Gasteiger partial charge in [0, 0.05) is 43.3 Å². The van der Waals surface area contributed by atoms with Crippen molar-refractivity contribution >= 4 is 17.6 Å². The highest BCUT2D eigenvalue weighted by molar-refractivity contribution is 5.97. The Labute approximate surface area is 206 Å². The fraction of sp³-hybridized carbons (Fsp3) is 0.333. The Morgan fingerprint density at radius 3 is 2.31 bits per heavy atom. The second kappa shape index (κ2) is 11.0. The largest absolute Gasteiger partial charge is 0.497 e. The third-order valence-electron chi connectivity index (χ3n) is 6.18. The number of carbonyl (C=O) groups is 2. The third-order valence-corrected chi connectivity index (χ3v) is 6.18. The molecule has 8 heteroatoms. The molecule has 0 aliphatic carbocycles. The summed E-state index contributed by atoms with van der Waals surface area (Å²) >= 11 is 0. The standard InChI is InChI=1S/C27H31N5O3/c1-20(2)32(27(34)22-10-7-11-23(18-22)35-3)19-26(33)31-16-14-30(15-17-31)25-13-12-24(28-29-25)21-8-5-4-6-9-21/h4-13,18,20H,14-17,19H2,1-3H3. The number of hydrogen-bond donors (Lipinski definition) is 0. The van der Waals surface area contributed by atoms with Gasteiger partial charge in [0.2, 0.25) is 5.91 Å². The van der Waals surface area contributed by atoms with Crippen molar-refractivity contribution in [1.29, 1.82) is 0 Å². The first kappa shape index (κ1) is 24.2. The van der Waals surface area contributed by atoms with E-state index in [4.69, 9.17) is 4.74 Å². The fourth-order valence-corrected chi connectivity index (χ4v) is 4.10. The van der Waals surface area contributed by atoms with E-state index in [2.05, 4.69) is 15.1 Å². The van der Waals surface area contributed by atoms with E-state index in [1.54, 1.807) is 36.3 Å². The van der Waals surface area contributed by atoms with Crippen LogP contribution in [0.1, 0.15) is 24.2 Å². The molecule has 182 valence electrons. The zero-order valence-electron chi connectivity index (χ0n) is 20.4. The van der Waals surface area contributed by atoms with Crippen molar-refractivity contribution in [3.8, 4) is 17.0 Å². The number of nitrogens with zero attached hydrogens (tertiary/aromatic N) is 5. The molecule has 1 fully saturated rings. The zero-order valence-corrected chi connectivity index (χ0v) is 20.4. The van der Waals surface area contributed by atoms with Crippen molar-refractivity contribution in [3.05, 3.63) is 72.3 Å². The molecular formula is C27H31N5O3. The number of hydrogen-bond acceptors (Lipinski definition) is 6. The number of piperazine rings is 1. The molecule has 0 spiro atoms. The zero-order chi connectivity index (χ0) is 24.8. The van der Waals surface area contributed by atoms with E-state index in [1.807, 2.05) is 61.2 Å². The fourth-order valence-electron chi connectivity index (χ4n) is 4.10. The van der Waals surface area contributed by atoms with Gasteiger partial charge in [0.05, 0.1) is 12.8 Å². The molecule has 8 nitrogen and oxygen atoms in total. The highest BCUT2D eigenvalue weighted by atomic mass is 16.5. The molecule has 2 heterocycles. The van der Waals surface area contributed by atoms with Gasteiger partial charge < -0.3 is 19.4 Å². The molecule has 0 atom stereocenters. The summed E-state index contributed by atoms with van der Waals surface area (Å²) in [6.45, 7) is 6.34. The highest BCUT2D eigenvalue weighted by Crippen LogP contribution is 2.20. The summed E-state index contributed by atoms with van der Waals surface area (Å²) in [6, 6.07) is 20.8. The van der Waals surface area contributed by atoms with Crippen LogP contribution in [0.25, 0.3) is 11.3 Å². The molecule has 0 N–H and O–H groups in total. The van der Waals surface area contributed by atoms with Crippen molar-refractivity contribution in [2.45, 2.75) is 19.9 Å². The summed E-state index contributed by atoms with van der Waals surface area (Å²) in [5.41, 5.74) is 2.37. The minimum Gasteiger partial charge on any atom is -0.497 e. The monoisotopic (exact) mass is 473 g/mol. The lowest BCUT2D eigenvalue weighted by Gasteiger charge is -2.36. The minimum atomic E-state index is -0.181. The predicted octanol–water partition coefficient (Wildman–Crippen LogP) is 3.35. The molecule has 35 heavy (non-hydrogen) atoms. The molecular weight excluding hydrogens is 442 g/mol. The number of benzene rings is 2. The second-order valence-electron chi connectivity index (χ2n) is 8.77. The van der Waals surface area contributed by atoms with Gasteiger partial charge in [0.25, 0.3) is 5.91 Å². The molecule has 1 aromatic heterocycles. The number of carbonyl (C=O) groups excluding carboxylic acids is 2. The molecule has 1 aliphatic heterocycles. The van der Waals surface area contributed by atoms with Gasteiger partial charge in [-0.3, -0.25) is 9.59 Å². The van der Waals surface area contributed by atoms with Crippen molar-refractivity contribution in [3.63, 3.8) is 0 Å². The van der Waals surface area contributed by atoms with Crippen LogP contribution >= 0.6 is 0 Å². The maximum Gasteiger partial charge on any atom is 0.254 e. The van der Waals surface area contributed by atoms with Crippen LogP contribution < -0.4 is 9.64 Å². The Bertz CT molecular complexity index is 1140. The molecule has 0 unspecified atom stereocenters. The summed E-state index contributed by atoms with van der Waals surface area (Å²) in [7, 11) is 1.57. The molecule has 2 amide bonds.